The van der Waals surface area contributed by atoms with Gasteiger partial charge in [0.2, 0.25) is 0 Å². The molecule has 4 N–H and O–H groups in total. The zero-order chi connectivity index (χ0) is 14.5. The Morgan fingerprint density at radius 1 is 1.26 bits per heavy atom. The maximum Gasteiger partial charge on any atom is 0.491 e. The Balaban J connectivity index is 2.96. The molecule has 19 heavy (non-hydrogen) atoms. The lowest BCUT2D eigenvalue weighted by Crippen LogP contribution is -2.51. The molecule has 1 aromatic carbocycles. The van der Waals surface area contributed by atoms with Crippen molar-refractivity contribution in [2.24, 2.45) is 11.5 Å². The molecule has 0 saturated carbocycles. The van der Waals surface area contributed by atoms with Gasteiger partial charge in [0.15, 0.2) is 0 Å². The molecule has 1 rings (SSSR count). The van der Waals surface area contributed by atoms with Crippen LogP contribution in [0, 0.1) is 0 Å². The molecule has 0 fully saturated rings. The first-order chi connectivity index (χ1) is 8.88. The largest absolute Gasteiger partial charge is 0.491 e. The topological polar surface area (TPSA) is 72.3 Å². The summed E-state index contributed by atoms with van der Waals surface area (Å²) in [4.78, 5) is 11.6. The molecule has 0 bridgehead atoms. The number of rotatable bonds is 5. The second kappa shape index (κ2) is 6.53. The van der Waals surface area contributed by atoms with E-state index in [2.05, 4.69) is 0 Å². The number of hydrogen-bond donors (Lipinski definition) is 2. The molecule has 7 heteroatoms. The standard InChI is InChI=1S/C12H16F3N3O/c13-12(14,15)18(9-5-2-1-3-6-9)11(19)10(17)7-4-8-16/h1-3,5-6,10H,4,7-8,16-17H2/t10-/m0/s1. The summed E-state index contributed by atoms with van der Waals surface area (Å²) in [5, 5.41) is 0. The summed E-state index contributed by atoms with van der Waals surface area (Å²) in [7, 11) is 0. The van der Waals surface area contributed by atoms with Gasteiger partial charge < -0.3 is 11.5 Å². The van der Waals surface area contributed by atoms with Gasteiger partial charge in [-0.1, -0.05) is 18.2 Å². The van der Waals surface area contributed by atoms with E-state index in [1.807, 2.05) is 0 Å². The van der Waals surface area contributed by atoms with Crippen LogP contribution >= 0.6 is 0 Å². The van der Waals surface area contributed by atoms with Crippen molar-refractivity contribution in [1.29, 1.82) is 0 Å². The van der Waals surface area contributed by atoms with Gasteiger partial charge in [-0.15, -0.1) is 13.2 Å². The lowest BCUT2D eigenvalue weighted by molar-refractivity contribution is -0.151. The fraction of sp³-hybridized carbons (Fsp3) is 0.417. The normalized spacial score (nSPS) is 13.1. The van der Waals surface area contributed by atoms with E-state index in [0.717, 1.165) is 0 Å². The zero-order valence-electron chi connectivity index (χ0n) is 10.2. The maximum absolute atomic E-state index is 13.0. The Bertz CT molecular complexity index is 408. The molecule has 0 aliphatic heterocycles. The van der Waals surface area contributed by atoms with Gasteiger partial charge in [0.05, 0.1) is 11.7 Å². The molecule has 106 valence electrons. The van der Waals surface area contributed by atoms with Crippen molar-refractivity contribution >= 4 is 11.6 Å². The van der Waals surface area contributed by atoms with Crippen molar-refractivity contribution in [2.75, 3.05) is 11.4 Å². The molecule has 0 heterocycles. The van der Waals surface area contributed by atoms with E-state index < -0.39 is 18.2 Å². The van der Waals surface area contributed by atoms with Crippen LogP contribution in [0.15, 0.2) is 30.3 Å². The lowest BCUT2D eigenvalue weighted by Gasteiger charge is -2.27. The number of nitrogens with two attached hydrogens (primary N) is 2. The monoisotopic (exact) mass is 275 g/mol. The van der Waals surface area contributed by atoms with Gasteiger partial charge >= 0.3 is 6.30 Å². The molecule has 0 unspecified atom stereocenters. The summed E-state index contributed by atoms with van der Waals surface area (Å²) in [6, 6.07) is 5.61. The number of carbonyl (C=O) groups is 1. The minimum atomic E-state index is -4.81. The average molecular weight is 275 g/mol. The van der Waals surface area contributed by atoms with Crippen LogP contribution in [0.2, 0.25) is 0 Å². The Kier molecular flexibility index (Phi) is 5.31. The summed E-state index contributed by atoms with van der Waals surface area (Å²) in [5.41, 5.74) is 10.5. The number of benzene rings is 1. The number of halogens is 3. The van der Waals surface area contributed by atoms with Crippen LogP contribution < -0.4 is 16.4 Å². The third-order valence-electron chi connectivity index (χ3n) is 2.52. The zero-order valence-corrected chi connectivity index (χ0v) is 10.2. The van der Waals surface area contributed by atoms with Crippen molar-refractivity contribution < 1.29 is 18.0 Å². The predicted octanol–water partition coefficient (Wildman–Crippen LogP) is 1.61. The molecule has 0 saturated heterocycles. The highest BCUT2D eigenvalue weighted by atomic mass is 19.4. The molecular weight excluding hydrogens is 259 g/mol. The second-order valence-electron chi connectivity index (χ2n) is 4.01. The Hall–Kier alpha value is -1.60. The number of amides is 1. The van der Waals surface area contributed by atoms with Crippen molar-refractivity contribution in [3.05, 3.63) is 30.3 Å². The fourth-order valence-electron chi connectivity index (χ4n) is 1.60. The van der Waals surface area contributed by atoms with Crippen LogP contribution in [0.5, 0.6) is 0 Å². The molecule has 4 nitrogen and oxygen atoms in total. The smallest absolute Gasteiger partial charge is 0.330 e. The van der Waals surface area contributed by atoms with Crippen LogP contribution in [-0.2, 0) is 4.79 Å². The maximum atomic E-state index is 13.0. The molecule has 1 aromatic rings. The molecule has 0 radical (unpaired) electrons. The van der Waals surface area contributed by atoms with Gasteiger partial charge in [-0.25, -0.2) is 4.90 Å². The van der Waals surface area contributed by atoms with Gasteiger partial charge in [0.1, 0.15) is 0 Å². The lowest BCUT2D eigenvalue weighted by atomic mass is 10.1. The van der Waals surface area contributed by atoms with Gasteiger partial charge in [-0.05, 0) is 31.5 Å². The SMILES string of the molecule is NCCC[C@H](N)C(=O)N(c1ccccc1)C(F)(F)F. The van der Waals surface area contributed by atoms with E-state index in [1.54, 1.807) is 6.07 Å². The minimum Gasteiger partial charge on any atom is -0.330 e. The molecule has 0 spiro atoms. The Morgan fingerprint density at radius 3 is 2.32 bits per heavy atom. The highest BCUT2D eigenvalue weighted by molar-refractivity contribution is 5.97. The highest BCUT2D eigenvalue weighted by Gasteiger charge is 2.43. The summed E-state index contributed by atoms with van der Waals surface area (Å²) < 4.78 is 38.9. The molecule has 1 atom stereocenters. The molecule has 0 aliphatic rings. The van der Waals surface area contributed by atoms with E-state index in [-0.39, 0.29) is 23.6 Å². The van der Waals surface area contributed by atoms with Crippen molar-refractivity contribution in [3.8, 4) is 0 Å². The van der Waals surface area contributed by atoms with Crippen LogP contribution in [0.4, 0.5) is 18.9 Å². The van der Waals surface area contributed by atoms with Crippen LogP contribution in [-0.4, -0.2) is 24.8 Å². The molecule has 0 aromatic heterocycles. The van der Waals surface area contributed by atoms with Crippen LogP contribution in [0.3, 0.4) is 0 Å². The highest BCUT2D eigenvalue weighted by Crippen LogP contribution is 2.29. The first-order valence-electron chi connectivity index (χ1n) is 5.79. The molecular formula is C12H16F3N3O. The van der Waals surface area contributed by atoms with Gasteiger partial charge in [0, 0.05) is 0 Å². The summed E-state index contributed by atoms with van der Waals surface area (Å²) >= 11 is 0. The van der Waals surface area contributed by atoms with Crippen LogP contribution in [0.1, 0.15) is 12.8 Å². The fourth-order valence-corrected chi connectivity index (χ4v) is 1.60. The van der Waals surface area contributed by atoms with Crippen molar-refractivity contribution in [3.63, 3.8) is 0 Å². The van der Waals surface area contributed by atoms with E-state index in [9.17, 15) is 18.0 Å². The predicted molar refractivity (Wildman–Crippen MR) is 66.2 cm³/mol. The minimum absolute atomic E-state index is 0.120. The average Bonchev–Trinajstić information content (AvgIpc) is 2.35. The number of nitrogens with zero attached hydrogens (tertiary/aromatic N) is 1. The quantitative estimate of drug-likeness (QED) is 0.802. The molecule has 0 aliphatic carbocycles. The Labute approximate surface area is 109 Å². The second-order valence-corrected chi connectivity index (χ2v) is 4.01. The number of para-hydroxylation sites is 1. The van der Waals surface area contributed by atoms with Gasteiger partial charge in [-0.2, -0.15) is 0 Å². The molecule has 1 amide bonds. The Morgan fingerprint density at radius 2 is 1.84 bits per heavy atom. The summed E-state index contributed by atoms with van der Waals surface area (Å²) in [6.45, 7) is 0.276. The van der Waals surface area contributed by atoms with Crippen molar-refractivity contribution in [1.82, 2.24) is 0 Å². The first-order valence-corrected chi connectivity index (χ1v) is 5.79. The number of anilines is 1. The van der Waals surface area contributed by atoms with E-state index in [1.165, 1.54) is 24.3 Å². The van der Waals surface area contributed by atoms with Crippen molar-refractivity contribution in [2.45, 2.75) is 25.2 Å². The van der Waals surface area contributed by atoms with Gasteiger partial charge in [0.25, 0.3) is 5.91 Å². The van der Waals surface area contributed by atoms with E-state index in [0.29, 0.717) is 6.42 Å². The van der Waals surface area contributed by atoms with E-state index >= 15 is 0 Å². The number of alkyl halides is 3. The van der Waals surface area contributed by atoms with Crippen LogP contribution in [0.25, 0.3) is 0 Å². The summed E-state index contributed by atoms with van der Waals surface area (Å²) in [5.74, 6) is -1.17. The number of carbonyl (C=O) groups excluding carboxylic acids is 1. The summed E-state index contributed by atoms with van der Waals surface area (Å²) in [6.07, 6.45) is -4.29. The first kappa shape index (κ1) is 15.5. The third kappa shape index (κ3) is 4.22. The number of hydrogen-bond acceptors (Lipinski definition) is 3. The van der Waals surface area contributed by atoms with Gasteiger partial charge in [-0.3, -0.25) is 4.79 Å². The third-order valence-corrected chi connectivity index (χ3v) is 2.52. The van der Waals surface area contributed by atoms with E-state index in [4.69, 9.17) is 11.5 Å².